The van der Waals surface area contributed by atoms with Crippen molar-refractivity contribution >= 4 is 11.3 Å². The van der Waals surface area contributed by atoms with E-state index in [2.05, 4.69) is 43.1 Å². The van der Waals surface area contributed by atoms with Crippen LogP contribution in [0.1, 0.15) is 30.0 Å². The van der Waals surface area contributed by atoms with E-state index in [9.17, 15) is 0 Å². The number of rotatable bonds is 3. The van der Waals surface area contributed by atoms with Gasteiger partial charge in [0.2, 0.25) is 0 Å². The molecule has 17 heavy (non-hydrogen) atoms. The number of thiophene rings is 1. The molecule has 1 unspecified atom stereocenters. The lowest BCUT2D eigenvalue weighted by Gasteiger charge is -2.26. The monoisotopic (exact) mass is 252 g/mol. The van der Waals surface area contributed by atoms with E-state index in [-0.39, 0.29) is 0 Å². The van der Waals surface area contributed by atoms with Crippen LogP contribution in [0.5, 0.6) is 0 Å². The van der Waals surface area contributed by atoms with E-state index in [1.165, 1.54) is 35.8 Å². The predicted octanol–water partition coefficient (Wildman–Crippen LogP) is 2.88. The van der Waals surface area contributed by atoms with E-state index >= 15 is 0 Å². The van der Waals surface area contributed by atoms with E-state index in [1.807, 2.05) is 11.3 Å². The van der Waals surface area contributed by atoms with Crippen LogP contribution in [-0.2, 0) is 6.54 Å². The second kappa shape index (κ2) is 5.98. The molecule has 1 aromatic rings. The summed E-state index contributed by atoms with van der Waals surface area (Å²) < 4.78 is 0. The molecule has 2 rings (SSSR count). The Labute approximate surface area is 109 Å². The number of nitrogens with zero attached hydrogens (tertiary/aromatic N) is 1. The maximum atomic E-state index is 3.66. The Hall–Kier alpha value is -0.380. The van der Waals surface area contributed by atoms with Crippen molar-refractivity contribution in [1.82, 2.24) is 10.2 Å². The van der Waals surface area contributed by atoms with E-state index in [0.717, 1.165) is 12.5 Å². The minimum Gasteiger partial charge on any atom is -0.312 e. The van der Waals surface area contributed by atoms with Gasteiger partial charge in [-0.05, 0) is 44.5 Å². The van der Waals surface area contributed by atoms with Gasteiger partial charge in [0.05, 0.1) is 0 Å². The predicted molar refractivity (Wildman–Crippen MR) is 75.6 cm³/mol. The van der Waals surface area contributed by atoms with Crippen molar-refractivity contribution in [2.45, 2.75) is 39.8 Å². The zero-order valence-corrected chi connectivity index (χ0v) is 12.0. The number of aryl methyl sites for hydroxylation is 1. The minimum absolute atomic E-state index is 0.651. The highest BCUT2D eigenvalue weighted by atomic mass is 32.1. The molecule has 1 atom stereocenters. The molecule has 1 N–H and O–H groups in total. The lowest BCUT2D eigenvalue weighted by molar-refractivity contribution is 0.240. The van der Waals surface area contributed by atoms with Crippen LogP contribution in [-0.4, -0.2) is 30.6 Å². The highest BCUT2D eigenvalue weighted by Crippen LogP contribution is 2.18. The van der Waals surface area contributed by atoms with Crippen LogP contribution in [0.15, 0.2) is 12.1 Å². The van der Waals surface area contributed by atoms with Crippen molar-refractivity contribution < 1.29 is 0 Å². The van der Waals surface area contributed by atoms with Gasteiger partial charge in [-0.15, -0.1) is 11.3 Å². The summed E-state index contributed by atoms with van der Waals surface area (Å²) in [6, 6.07) is 5.16. The molecule has 1 saturated heterocycles. The summed E-state index contributed by atoms with van der Waals surface area (Å²) in [6.07, 6.45) is 1.27. The van der Waals surface area contributed by atoms with Crippen LogP contribution in [0.3, 0.4) is 0 Å². The van der Waals surface area contributed by atoms with Crippen LogP contribution < -0.4 is 5.32 Å². The van der Waals surface area contributed by atoms with Crippen LogP contribution in [0, 0.1) is 12.8 Å². The summed E-state index contributed by atoms with van der Waals surface area (Å²) in [5.74, 6) is 0.723. The lowest BCUT2D eigenvalue weighted by Crippen LogP contribution is -2.40. The standard InChI is InChI=1S/C14H24N2S/c1-11(2)14-10-16(8-4-7-15-14)9-13-6-5-12(3)17-13/h5-6,11,14-15H,4,7-10H2,1-3H3. The highest BCUT2D eigenvalue weighted by Gasteiger charge is 2.20. The summed E-state index contributed by atoms with van der Waals surface area (Å²) >= 11 is 1.94. The average molecular weight is 252 g/mol. The second-order valence-electron chi connectivity index (χ2n) is 5.41. The van der Waals surface area contributed by atoms with Gasteiger partial charge in [-0.3, -0.25) is 4.90 Å². The third-order valence-electron chi connectivity index (χ3n) is 3.49. The van der Waals surface area contributed by atoms with Crippen LogP contribution >= 0.6 is 11.3 Å². The fraction of sp³-hybridized carbons (Fsp3) is 0.714. The number of hydrogen-bond acceptors (Lipinski definition) is 3. The number of hydrogen-bond donors (Lipinski definition) is 1. The summed E-state index contributed by atoms with van der Waals surface area (Å²) in [7, 11) is 0. The highest BCUT2D eigenvalue weighted by molar-refractivity contribution is 7.11. The zero-order valence-electron chi connectivity index (χ0n) is 11.2. The average Bonchev–Trinajstić information content (AvgIpc) is 2.54. The summed E-state index contributed by atoms with van der Waals surface area (Å²) in [4.78, 5) is 5.54. The summed E-state index contributed by atoms with van der Waals surface area (Å²) in [6.45, 7) is 11.5. The first-order valence-corrected chi connectivity index (χ1v) is 7.48. The molecule has 0 aliphatic carbocycles. The van der Waals surface area contributed by atoms with Gasteiger partial charge in [0.25, 0.3) is 0 Å². The van der Waals surface area contributed by atoms with E-state index < -0.39 is 0 Å². The van der Waals surface area contributed by atoms with Gasteiger partial charge in [-0.1, -0.05) is 13.8 Å². The van der Waals surface area contributed by atoms with Crippen molar-refractivity contribution in [3.63, 3.8) is 0 Å². The topological polar surface area (TPSA) is 15.3 Å². The summed E-state index contributed by atoms with van der Waals surface area (Å²) in [5.41, 5.74) is 0. The normalized spacial score (nSPS) is 22.9. The van der Waals surface area contributed by atoms with Gasteiger partial charge in [-0.2, -0.15) is 0 Å². The Morgan fingerprint density at radius 1 is 1.47 bits per heavy atom. The van der Waals surface area contributed by atoms with Crippen LogP contribution in [0.2, 0.25) is 0 Å². The molecule has 1 aromatic heterocycles. The van der Waals surface area contributed by atoms with Gasteiger partial charge in [0, 0.05) is 28.9 Å². The van der Waals surface area contributed by atoms with E-state index in [1.54, 1.807) is 0 Å². The Bertz CT molecular complexity index is 346. The maximum Gasteiger partial charge on any atom is 0.0328 e. The minimum atomic E-state index is 0.651. The molecule has 1 aliphatic heterocycles. The number of nitrogens with one attached hydrogen (secondary N) is 1. The molecule has 0 spiro atoms. The molecule has 0 aromatic carbocycles. The Balaban J connectivity index is 1.94. The lowest BCUT2D eigenvalue weighted by atomic mass is 10.0. The van der Waals surface area contributed by atoms with Gasteiger partial charge >= 0.3 is 0 Å². The molecule has 1 fully saturated rings. The molecule has 0 bridgehead atoms. The van der Waals surface area contributed by atoms with Gasteiger partial charge in [0.1, 0.15) is 0 Å². The fourth-order valence-corrected chi connectivity index (χ4v) is 3.34. The van der Waals surface area contributed by atoms with Gasteiger partial charge in [-0.25, -0.2) is 0 Å². The SMILES string of the molecule is Cc1ccc(CN2CCCNC(C(C)C)C2)s1. The van der Waals surface area contributed by atoms with Gasteiger partial charge < -0.3 is 5.32 Å². The first kappa shape index (κ1) is 13.1. The molecule has 3 heteroatoms. The maximum absolute atomic E-state index is 3.66. The smallest absolute Gasteiger partial charge is 0.0328 e. The van der Waals surface area contributed by atoms with Crippen LogP contribution in [0.25, 0.3) is 0 Å². The first-order chi connectivity index (χ1) is 8.15. The van der Waals surface area contributed by atoms with Crippen molar-refractivity contribution in [2.24, 2.45) is 5.92 Å². The fourth-order valence-electron chi connectivity index (χ4n) is 2.40. The molecular formula is C14H24N2S. The molecule has 0 radical (unpaired) electrons. The third kappa shape index (κ3) is 3.80. The second-order valence-corrected chi connectivity index (χ2v) is 6.78. The molecule has 2 nitrogen and oxygen atoms in total. The van der Waals surface area contributed by atoms with Crippen molar-refractivity contribution in [1.29, 1.82) is 0 Å². The van der Waals surface area contributed by atoms with Gasteiger partial charge in [0.15, 0.2) is 0 Å². The zero-order chi connectivity index (χ0) is 12.3. The van der Waals surface area contributed by atoms with Crippen molar-refractivity contribution in [3.8, 4) is 0 Å². The van der Waals surface area contributed by atoms with E-state index in [4.69, 9.17) is 0 Å². The van der Waals surface area contributed by atoms with Crippen LogP contribution in [0.4, 0.5) is 0 Å². The quantitative estimate of drug-likeness (QED) is 0.890. The Kier molecular flexibility index (Phi) is 4.60. The molecule has 0 saturated carbocycles. The molecule has 96 valence electrons. The third-order valence-corrected chi connectivity index (χ3v) is 4.48. The molecule has 0 amide bonds. The van der Waals surface area contributed by atoms with Crippen molar-refractivity contribution in [2.75, 3.05) is 19.6 Å². The first-order valence-electron chi connectivity index (χ1n) is 6.66. The molecular weight excluding hydrogens is 228 g/mol. The Morgan fingerprint density at radius 2 is 2.29 bits per heavy atom. The van der Waals surface area contributed by atoms with Crippen molar-refractivity contribution in [3.05, 3.63) is 21.9 Å². The largest absolute Gasteiger partial charge is 0.312 e. The van der Waals surface area contributed by atoms with E-state index in [0.29, 0.717) is 6.04 Å². The molecule has 2 heterocycles. The molecule has 1 aliphatic rings. The summed E-state index contributed by atoms with van der Waals surface area (Å²) in [5, 5.41) is 3.66. The Morgan fingerprint density at radius 3 is 2.94 bits per heavy atom.